The average Bonchev–Trinajstić information content (AvgIpc) is 3.28. The van der Waals surface area contributed by atoms with Gasteiger partial charge in [0.2, 0.25) is 0 Å². The van der Waals surface area contributed by atoms with Crippen LogP contribution >= 0.6 is 45.8 Å². The summed E-state index contributed by atoms with van der Waals surface area (Å²) in [6, 6.07) is 0. The zero-order valence-corrected chi connectivity index (χ0v) is 23.3. The summed E-state index contributed by atoms with van der Waals surface area (Å²) in [7, 11) is 0.970. The van der Waals surface area contributed by atoms with Crippen LogP contribution in [0.2, 0.25) is 0 Å². The molecule has 4 rings (SSSR count). The van der Waals surface area contributed by atoms with Gasteiger partial charge in [0.1, 0.15) is 0 Å². The van der Waals surface area contributed by atoms with Crippen LogP contribution < -0.4 is 0 Å². The Labute approximate surface area is 205 Å². The van der Waals surface area contributed by atoms with Gasteiger partial charge in [0.05, 0.1) is 0 Å². The third-order valence-electron chi connectivity index (χ3n) is 4.07. The van der Waals surface area contributed by atoms with Crippen molar-refractivity contribution in [2.24, 2.45) is 0 Å². The Morgan fingerprint density at radius 3 is 1.46 bits per heavy atom. The summed E-state index contributed by atoms with van der Waals surface area (Å²) in [4.78, 5) is 3.20. The number of hydrogen-bond acceptors (Lipinski definition) is 0. The first-order valence-corrected chi connectivity index (χ1v) is 13.7. The Kier molecular flexibility index (Phi) is 11.7. The van der Waals surface area contributed by atoms with Gasteiger partial charge >= 0.3 is 183 Å². The summed E-state index contributed by atoms with van der Waals surface area (Å²) >= 11 is 3.20. The van der Waals surface area contributed by atoms with Crippen molar-refractivity contribution in [1.82, 2.24) is 0 Å². The topological polar surface area (TPSA) is 0 Å². The number of allylic oxidation sites excluding steroid dienone is 10. The maximum Gasteiger partial charge on any atom is -0.147 e. The average molecular weight is 582 g/mol. The van der Waals surface area contributed by atoms with Crippen LogP contribution in [0.25, 0.3) is 0 Å². The van der Waals surface area contributed by atoms with E-state index in [1.807, 2.05) is 0 Å². The monoisotopic (exact) mass is 578 g/mol. The van der Waals surface area contributed by atoms with E-state index in [9.17, 15) is 0 Å². The molecular weight excluding hydrogens is 558 g/mol. The van der Waals surface area contributed by atoms with Gasteiger partial charge in [-0.2, -0.15) is 0 Å². The molecule has 2 atom stereocenters. The van der Waals surface area contributed by atoms with E-state index in [2.05, 4.69) is 62.5 Å². The fourth-order valence-electron chi connectivity index (χ4n) is 3.03. The molecule has 2 aliphatic carbocycles. The van der Waals surface area contributed by atoms with Gasteiger partial charge < -0.3 is 0 Å². The SMILES string of the molecule is CCCS1=[C]([Zr])C=C2C=CC=C21.CCCS1=[C]([Zr])C=C2C=CC=C21.Cl.Cl. The third kappa shape index (κ3) is 5.64. The Morgan fingerprint density at radius 1 is 0.731 bits per heavy atom. The molecule has 0 nitrogen and oxygen atoms in total. The first-order chi connectivity index (χ1) is 11.7. The minimum atomic E-state index is 0. The Morgan fingerprint density at radius 2 is 1.12 bits per heavy atom. The van der Waals surface area contributed by atoms with Crippen molar-refractivity contribution in [1.29, 1.82) is 0 Å². The summed E-state index contributed by atoms with van der Waals surface area (Å²) in [6.45, 7) is 4.55. The minimum absolute atomic E-state index is 0. The van der Waals surface area contributed by atoms with Crippen LogP contribution in [-0.2, 0) is 49.4 Å². The molecule has 26 heavy (non-hydrogen) atoms. The van der Waals surface area contributed by atoms with Gasteiger partial charge in [-0.3, -0.25) is 0 Å². The van der Waals surface area contributed by atoms with E-state index >= 15 is 0 Å². The first kappa shape index (κ1) is 25.3. The second-order valence-corrected chi connectivity index (χ2v) is 14.5. The van der Waals surface area contributed by atoms with E-state index in [0.717, 1.165) is 0 Å². The molecule has 2 unspecified atom stereocenters. The maximum absolute atomic E-state index is 2.38. The van der Waals surface area contributed by atoms with Gasteiger partial charge in [-0.15, -0.1) is 24.8 Å². The van der Waals surface area contributed by atoms with Crippen LogP contribution in [0.5, 0.6) is 0 Å². The quantitative estimate of drug-likeness (QED) is 0.341. The molecule has 0 spiro atoms. The summed E-state index contributed by atoms with van der Waals surface area (Å²) in [5.41, 5.74) is 2.97. The molecule has 0 N–H and O–H groups in total. The molecule has 2 heterocycles. The second kappa shape index (κ2) is 12.0. The molecule has 0 aromatic rings. The summed E-state index contributed by atoms with van der Waals surface area (Å²) in [5, 5.41) is 0. The van der Waals surface area contributed by atoms with Crippen molar-refractivity contribution in [2.45, 2.75) is 26.7 Å². The molecule has 4 aliphatic rings. The smallest absolute Gasteiger partial charge is 0.147 e. The normalized spacial score (nSPS) is 23.7. The summed E-state index contributed by atoms with van der Waals surface area (Å²) in [5.74, 6) is 2.71. The van der Waals surface area contributed by atoms with E-state index in [1.54, 1.807) is 64.4 Å². The van der Waals surface area contributed by atoms with Crippen LogP contribution in [0, 0.1) is 0 Å². The van der Waals surface area contributed by atoms with Gasteiger partial charge in [0.25, 0.3) is 0 Å². The van der Waals surface area contributed by atoms with Crippen molar-refractivity contribution < 1.29 is 49.4 Å². The van der Waals surface area contributed by atoms with Crippen molar-refractivity contribution in [3.05, 3.63) is 69.6 Å². The van der Waals surface area contributed by atoms with Gasteiger partial charge in [-0.05, 0) is 0 Å². The largest absolute Gasteiger partial charge is 0.147 e. The van der Waals surface area contributed by atoms with Crippen LogP contribution in [0.15, 0.2) is 69.6 Å². The fourth-order valence-corrected chi connectivity index (χ4v) is 10.9. The van der Waals surface area contributed by atoms with E-state index in [-0.39, 0.29) is 24.8 Å². The van der Waals surface area contributed by atoms with Crippen LogP contribution in [0.4, 0.5) is 0 Å². The molecule has 0 bridgehead atoms. The molecule has 2 aliphatic heterocycles. The summed E-state index contributed by atoms with van der Waals surface area (Å²) < 4.78 is 3.32. The predicted octanol–water partition coefficient (Wildman–Crippen LogP) is 6.32. The second-order valence-electron chi connectivity index (χ2n) is 5.90. The standard InChI is InChI=1S/2C10H11S.2ClH.2Zr/c2*1-2-7-11-8-6-9-4-3-5-10(9)11;;;;/h2*3-6H,2,7H2,1H3;2*1H;;. The zero-order valence-electron chi connectivity index (χ0n) is 15.1. The van der Waals surface area contributed by atoms with Crippen LogP contribution in [-0.4, -0.2) is 16.7 Å². The molecule has 0 fully saturated rings. The number of fused-ring (bicyclic) bond motifs is 2. The predicted molar refractivity (Wildman–Crippen MR) is 121 cm³/mol. The van der Waals surface area contributed by atoms with E-state index in [0.29, 0.717) is 21.0 Å². The number of hydrogen-bond donors (Lipinski definition) is 0. The van der Waals surface area contributed by atoms with Crippen molar-refractivity contribution in [3.8, 4) is 0 Å². The molecule has 138 valence electrons. The first-order valence-electron chi connectivity index (χ1n) is 8.45. The third-order valence-corrected chi connectivity index (χ3v) is 13.1. The maximum atomic E-state index is 2.38. The zero-order chi connectivity index (χ0) is 17.1. The Bertz CT molecular complexity index is 742. The van der Waals surface area contributed by atoms with Gasteiger partial charge in [0.15, 0.2) is 0 Å². The number of halogens is 2. The van der Waals surface area contributed by atoms with E-state index in [4.69, 9.17) is 0 Å². The van der Waals surface area contributed by atoms with Crippen LogP contribution in [0.1, 0.15) is 26.7 Å². The van der Waals surface area contributed by atoms with E-state index < -0.39 is 0 Å². The molecule has 0 aromatic carbocycles. The molecular formula is C20H24Cl2S2Zr2. The van der Waals surface area contributed by atoms with Crippen molar-refractivity contribution in [2.75, 3.05) is 11.5 Å². The molecule has 0 aromatic heterocycles. The molecule has 0 radical (unpaired) electrons. The number of rotatable bonds is 4. The Balaban J connectivity index is 0.000000241. The van der Waals surface area contributed by atoms with Gasteiger partial charge in [-0.25, -0.2) is 0 Å². The van der Waals surface area contributed by atoms with Crippen molar-refractivity contribution in [3.63, 3.8) is 0 Å². The fraction of sp³-hybridized carbons (Fsp3) is 0.300. The molecule has 0 saturated carbocycles. The summed E-state index contributed by atoms with van der Waals surface area (Å²) in [6.07, 6.45) is 20.8. The van der Waals surface area contributed by atoms with Crippen LogP contribution in [0.3, 0.4) is 0 Å². The van der Waals surface area contributed by atoms with Crippen molar-refractivity contribution >= 4 is 50.9 Å². The van der Waals surface area contributed by atoms with Gasteiger partial charge in [-0.1, -0.05) is 0 Å². The van der Waals surface area contributed by atoms with E-state index in [1.165, 1.54) is 35.5 Å². The minimum Gasteiger partial charge on any atom is -0.147 e. The van der Waals surface area contributed by atoms with Gasteiger partial charge in [0, 0.05) is 0 Å². The Hall–Kier alpha value is 1.23. The molecule has 0 amide bonds. The molecule has 0 saturated heterocycles. The molecule has 6 heteroatoms.